The minimum Gasteiger partial charge on any atom is -0.398 e. The maximum Gasteiger partial charge on any atom is 0.0593 e. The number of rotatable bonds is 7. The number of hydrogen-bond acceptors (Lipinski definition) is 3. The Morgan fingerprint density at radius 3 is 2.89 bits per heavy atom. The summed E-state index contributed by atoms with van der Waals surface area (Å²) in [5.41, 5.74) is 7.80. The van der Waals surface area contributed by atoms with E-state index in [-0.39, 0.29) is 0 Å². The Kier molecular flexibility index (Phi) is 4.87. The molecule has 0 atom stereocenters. The van der Waals surface area contributed by atoms with Crippen LogP contribution in [0.15, 0.2) is 18.2 Å². The first-order chi connectivity index (χ1) is 8.65. The van der Waals surface area contributed by atoms with Crippen molar-refractivity contribution in [1.82, 2.24) is 4.90 Å². The summed E-state index contributed by atoms with van der Waals surface area (Å²) < 4.78 is 5.62. The molecule has 3 nitrogen and oxygen atoms in total. The van der Waals surface area contributed by atoms with Gasteiger partial charge in [0.25, 0.3) is 0 Å². The van der Waals surface area contributed by atoms with Crippen LogP contribution in [-0.2, 0) is 11.3 Å². The topological polar surface area (TPSA) is 38.5 Å². The third-order valence-electron chi connectivity index (χ3n) is 3.22. The molecule has 0 radical (unpaired) electrons. The molecule has 0 saturated heterocycles. The predicted octanol–water partition coefficient (Wildman–Crippen LogP) is 2.78. The molecule has 0 unspecified atom stereocenters. The predicted molar refractivity (Wildman–Crippen MR) is 75.7 cm³/mol. The van der Waals surface area contributed by atoms with Crippen LogP contribution in [0, 0.1) is 5.92 Å². The van der Waals surface area contributed by atoms with E-state index < -0.39 is 0 Å². The van der Waals surface area contributed by atoms with Gasteiger partial charge in [0.1, 0.15) is 0 Å². The van der Waals surface area contributed by atoms with Crippen molar-refractivity contribution in [3.05, 3.63) is 28.8 Å². The lowest BCUT2D eigenvalue weighted by Crippen LogP contribution is -2.23. The smallest absolute Gasteiger partial charge is 0.0593 e. The van der Waals surface area contributed by atoms with E-state index in [4.69, 9.17) is 22.1 Å². The standard InChI is InChI=1S/C14H21ClN2O/c1-17(6-7-18-10-11-2-3-11)9-12-4-5-13(15)8-14(12)16/h4-5,8,11H,2-3,6-7,9-10,16H2,1H3. The summed E-state index contributed by atoms with van der Waals surface area (Å²) in [5.74, 6) is 0.835. The molecule has 2 rings (SSSR count). The molecule has 0 bridgehead atoms. The molecule has 1 aliphatic carbocycles. The van der Waals surface area contributed by atoms with Crippen molar-refractivity contribution in [2.75, 3.05) is 32.5 Å². The number of benzene rings is 1. The summed E-state index contributed by atoms with van der Waals surface area (Å²) in [6.45, 7) is 3.47. The minimum atomic E-state index is 0.687. The number of likely N-dealkylation sites (N-methyl/N-ethyl adjacent to an activating group) is 1. The Morgan fingerprint density at radius 1 is 1.44 bits per heavy atom. The molecule has 0 heterocycles. The Balaban J connectivity index is 1.70. The van der Waals surface area contributed by atoms with Gasteiger partial charge < -0.3 is 10.5 Å². The fourth-order valence-corrected chi connectivity index (χ4v) is 2.02. The molecule has 0 amide bonds. The van der Waals surface area contributed by atoms with Crippen molar-refractivity contribution in [3.8, 4) is 0 Å². The normalized spacial score (nSPS) is 15.3. The number of ether oxygens (including phenoxy) is 1. The minimum absolute atomic E-state index is 0.687. The van der Waals surface area contributed by atoms with Crippen molar-refractivity contribution in [2.24, 2.45) is 5.92 Å². The summed E-state index contributed by atoms with van der Waals surface area (Å²) in [5, 5.41) is 0.687. The third-order valence-corrected chi connectivity index (χ3v) is 3.45. The van der Waals surface area contributed by atoms with Gasteiger partial charge in [-0.1, -0.05) is 17.7 Å². The maximum atomic E-state index is 5.93. The number of anilines is 1. The van der Waals surface area contributed by atoms with Crippen LogP contribution in [-0.4, -0.2) is 31.7 Å². The van der Waals surface area contributed by atoms with Crippen LogP contribution in [0.5, 0.6) is 0 Å². The second-order valence-electron chi connectivity index (χ2n) is 5.10. The van der Waals surface area contributed by atoms with Crippen molar-refractivity contribution >= 4 is 17.3 Å². The van der Waals surface area contributed by atoms with Gasteiger partial charge in [-0.3, -0.25) is 4.90 Å². The van der Waals surface area contributed by atoms with Crippen LogP contribution < -0.4 is 5.73 Å². The van der Waals surface area contributed by atoms with Gasteiger partial charge in [-0.2, -0.15) is 0 Å². The second-order valence-corrected chi connectivity index (χ2v) is 5.54. The molecular formula is C14H21ClN2O. The van der Waals surface area contributed by atoms with Crippen molar-refractivity contribution in [2.45, 2.75) is 19.4 Å². The fourth-order valence-electron chi connectivity index (χ4n) is 1.83. The van der Waals surface area contributed by atoms with Gasteiger partial charge in [0.15, 0.2) is 0 Å². The van der Waals surface area contributed by atoms with Gasteiger partial charge in [0.2, 0.25) is 0 Å². The summed E-state index contributed by atoms with van der Waals surface area (Å²) >= 11 is 5.88. The van der Waals surface area contributed by atoms with E-state index in [1.165, 1.54) is 12.8 Å². The van der Waals surface area contributed by atoms with Crippen LogP contribution in [0.25, 0.3) is 0 Å². The van der Waals surface area contributed by atoms with E-state index >= 15 is 0 Å². The number of nitrogen functional groups attached to an aromatic ring is 1. The van der Waals surface area contributed by atoms with E-state index in [0.717, 1.165) is 43.5 Å². The number of nitrogens with two attached hydrogens (primary N) is 1. The Morgan fingerprint density at radius 2 is 2.22 bits per heavy atom. The molecular weight excluding hydrogens is 248 g/mol. The number of nitrogens with zero attached hydrogens (tertiary/aromatic N) is 1. The van der Waals surface area contributed by atoms with Crippen molar-refractivity contribution in [3.63, 3.8) is 0 Å². The molecule has 0 aromatic heterocycles. The average molecular weight is 269 g/mol. The molecule has 100 valence electrons. The first kappa shape index (κ1) is 13.7. The van der Waals surface area contributed by atoms with E-state index in [9.17, 15) is 0 Å². The van der Waals surface area contributed by atoms with Crippen LogP contribution >= 0.6 is 11.6 Å². The van der Waals surface area contributed by atoms with Crippen molar-refractivity contribution in [1.29, 1.82) is 0 Å². The SMILES string of the molecule is CN(CCOCC1CC1)Cc1ccc(Cl)cc1N. The zero-order valence-electron chi connectivity index (χ0n) is 10.9. The molecule has 2 N–H and O–H groups in total. The van der Waals surface area contributed by atoms with E-state index in [2.05, 4.69) is 11.9 Å². The summed E-state index contributed by atoms with van der Waals surface area (Å²) in [4.78, 5) is 2.21. The lowest BCUT2D eigenvalue weighted by atomic mass is 10.2. The summed E-state index contributed by atoms with van der Waals surface area (Å²) in [6.07, 6.45) is 2.69. The van der Waals surface area contributed by atoms with Gasteiger partial charge in [0.05, 0.1) is 6.61 Å². The highest BCUT2D eigenvalue weighted by atomic mass is 35.5. The lowest BCUT2D eigenvalue weighted by Gasteiger charge is -2.18. The molecule has 0 spiro atoms. The maximum absolute atomic E-state index is 5.93. The molecule has 18 heavy (non-hydrogen) atoms. The Bertz CT molecular complexity index is 393. The Hall–Kier alpha value is -0.770. The van der Waals surface area contributed by atoms with E-state index in [1.54, 1.807) is 6.07 Å². The highest BCUT2D eigenvalue weighted by Crippen LogP contribution is 2.28. The van der Waals surface area contributed by atoms with Gasteiger partial charge >= 0.3 is 0 Å². The van der Waals surface area contributed by atoms with Crippen LogP contribution in [0.1, 0.15) is 18.4 Å². The molecule has 1 aromatic carbocycles. The zero-order chi connectivity index (χ0) is 13.0. The van der Waals surface area contributed by atoms with Gasteiger partial charge in [-0.15, -0.1) is 0 Å². The molecule has 1 aliphatic rings. The molecule has 1 saturated carbocycles. The highest BCUT2D eigenvalue weighted by molar-refractivity contribution is 6.30. The highest BCUT2D eigenvalue weighted by Gasteiger charge is 2.20. The van der Waals surface area contributed by atoms with Crippen LogP contribution in [0.4, 0.5) is 5.69 Å². The van der Waals surface area contributed by atoms with Gasteiger partial charge in [-0.25, -0.2) is 0 Å². The quantitative estimate of drug-likeness (QED) is 0.610. The molecule has 1 fully saturated rings. The summed E-state index contributed by atoms with van der Waals surface area (Å²) in [6, 6.07) is 5.66. The van der Waals surface area contributed by atoms with Crippen LogP contribution in [0.2, 0.25) is 5.02 Å². The Labute approximate surface area is 114 Å². The molecule has 4 heteroatoms. The first-order valence-corrected chi connectivity index (χ1v) is 6.83. The first-order valence-electron chi connectivity index (χ1n) is 6.45. The fraction of sp³-hybridized carbons (Fsp3) is 0.571. The zero-order valence-corrected chi connectivity index (χ0v) is 11.6. The second kappa shape index (κ2) is 6.41. The lowest BCUT2D eigenvalue weighted by molar-refractivity contribution is 0.102. The molecule has 0 aliphatic heterocycles. The average Bonchev–Trinajstić information content (AvgIpc) is 3.12. The van der Waals surface area contributed by atoms with Crippen molar-refractivity contribution < 1.29 is 4.74 Å². The number of hydrogen-bond donors (Lipinski definition) is 1. The largest absolute Gasteiger partial charge is 0.398 e. The van der Waals surface area contributed by atoms with E-state index in [1.807, 2.05) is 12.1 Å². The number of halogens is 1. The third kappa shape index (κ3) is 4.48. The van der Waals surface area contributed by atoms with Gasteiger partial charge in [-0.05, 0) is 43.5 Å². The monoisotopic (exact) mass is 268 g/mol. The van der Waals surface area contributed by atoms with Gasteiger partial charge in [0, 0.05) is 30.4 Å². The molecule has 1 aromatic rings. The van der Waals surface area contributed by atoms with E-state index in [0.29, 0.717) is 5.02 Å². The summed E-state index contributed by atoms with van der Waals surface area (Å²) in [7, 11) is 2.08. The van der Waals surface area contributed by atoms with Crippen LogP contribution in [0.3, 0.4) is 0 Å².